The Morgan fingerprint density at radius 3 is 2.80 bits per heavy atom. The Morgan fingerprint density at radius 1 is 1.36 bits per heavy atom. The van der Waals surface area contributed by atoms with Crippen molar-refractivity contribution in [2.75, 3.05) is 5.32 Å². The number of rotatable bonds is 5. The molecule has 0 saturated heterocycles. The summed E-state index contributed by atoms with van der Waals surface area (Å²) < 4.78 is 14.0. The van der Waals surface area contributed by atoms with Crippen molar-refractivity contribution in [1.82, 2.24) is 4.98 Å². The van der Waals surface area contributed by atoms with Crippen molar-refractivity contribution in [3.05, 3.63) is 71.9 Å². The molecule has 1 aromatic heterocycles. The van der Waals surface area contributed by atoms with E-state index in [0.717, 1.165) is 11.3 Å². The second kappa shape index (κ2) is 6.84. The summed E-state index contributed by atoms with van der Waals surface area (Å²) >= 11 is 0. The number of nitrogens with zero attached hydrogens (tertiary/aromatic N) is 2. The van der Waals surface area contributed by atoms with Crippen molar-refractivity contribution in [1.29, 1.82) is 0 Å². The highest BCUT2D eigenvalue weighted by molar-refractivity contribution is 6.04. The molecule has 6 heteroatoms. The molecule has 1 heterocycles. The van der Waals surface area contributed by atoms with E-state index >= 15 is 0 Å². The molecule has 3 N–H and O–H groups in total. The molecule has 2 aromatic rings. The summed E-state index contributed by atoms with van der Waals surface area (Å²) in [7, 11) is 0. The fourth-order valence-corrected chi connectivity index (χ4v) is 2.67. The SMILES string of the molecule is Cc1ccncc1N/C=C\C(N)=NC(=O)C1(c2ccccc2F)CC1. The zero-order valence-electron chi connectivity index (χ0n) is 13.9. The lowest BCUT2D eigenvalue weighted by Gasteiger charge is -2.12. The minimum Gasteiger partial charge on any atom is -0.384 e. The molecule has 128 valence electrons. The number of amidine groups is 1. The number of carbonyl (C=O) groups is 1. The summed E-state index contributed by atoms with van der Waals surface area (Å²) in [6.07, 6.45) is 7.66. The summed E-state index contributed by atoms with van der Waals surface area (Å²) in [5, 5.41) is 3.04. The fraction of sp³-hybridized carbons (Fsp3) is 0.211. The summed E-state index contributed by atoms with van der Waals surface area (Å²) in [4.78, 5) is 20.4. The van der Waals surface area contributed by atoms with Gasteiger partial charge in [0.05, 0.1) is 17.3 Å². The van der Waals surface area contributed by atoms with Gasteiger partial charge in [-0.3, -0.25) is 9.78 Å². The Hall–Kier alpha value is -3.02. The molecular weight excluding hydrogens is 319 g/mol. The molecule has 1 aromatic carbocycles. The van der Waals surface area contributed by atoms with Gasteiger partial charge in [-0.15, -0.1) is 0 Å². The van der Waals surface area contributed by atoms with Crippen LogP contribution in [0.2, 0.25) is 0 Å². The molecule has 3 rings (SSSR count). The van der Waals surface area contributed by atoms with Crippen LogP contribution in [0.5, 0.6) is 0 Å². The highest BCUT2D eigenvalue weighted by Gasteiger charge is 2.52. The van der Waals surface area contributed by atoms with E-state index in [9.17, 15) is 9.18 Å². The Kier molecular flexibility index (Phi) is 4.61. The molecule has 0 aliphatic heterocycles. The first-order chi connectivity index (χ1) is 12.0. The molecule has 25 heavy (non-hydrogen) atoms. The molecule has 1 amide bonds. The van der Waals surface area contributed by atoms with Crippen LogP contribution in [-0.4, -0.2) is 16.7 Å². The van der Waals surface area contributed by atoms with E-state index in [0.29, 0.717) is 18.4 Å². The fourth-order valence-electron chi connectivity index (χ4n) is 2.67. The predicted molar refractivity (Wildman–Crippen MR) is 95.7 cm³/mol. The molecule has 1 aliphatic carbocycles. The van der Waals surface area contributed by atoms with Crippen molar-refractivity contribution in [3.63, 3.8) is 0 Å². The van der Waals surface area contributed by atoms with Gasteiger partial charge in [0.2, 0.25) is 0 Å². The second-order valence-corrected chi connectivity index (χ2v) is 6.07. The third-order valence-corrected chi connectivity index (χ3v) is 4.31. The first kappa shape index (κ1) is 16.8. The molecule has 0 spiro atoms. The first-order valence-electron chi connectivity index (χ1n) is 8.00. The van der Waals surface area contributed by atoms with Gasteiger partial charge < -0.3 is 11.1 Å². The maximum atomic E-state index is 14.0. The molecule has 0 atom stereocenters. The van der Waals surface area contributed by atoms with E-state index in [1.807, 2.05) is 13.0 Å². The van der Waals surface area contributed by atoms with Crippen LogP contribution < -0.4 is 11.1 Å². The first-order valence-corrected chi connectivity index (χ1v) is 8.00. The van der Waals surface area contributed by atoms with Gasteiger partial charge in [0, 0.05) is 18.0 Å². The summed E-state index contributed by atoms with van der Waals surface area (Å²) in [6.45, 7) is 1.95. The van der Waals surface area contributed by atoms with Crippen LogP contribution in [0.3, 0.4) is 0 Å². The van der Waals surface area contributed by atoms with Crippen LogP contribution in [0, 0.1) is 12.7 Å². The smallest absolute Gasteiger partial charge is 0.258 e. The lowest BCUT2D eigenvalue weighted by Crippen LogP contribution is -2.23. The zero-order valence-corrected chi connectivity index (χ0v) is 13.9. The van der Waals surface area contributed by atoms with Crippen LogP contribution in [0.1, 0.15) is 24.0 Å². The van der Waals surface area contributed by atoms with Crippen LogP contribution in [-0.2, 0) is 10.2 Å². The number of nitrogens with one attached hydrogen (secondary N) is 1. The number of halogens is 1. The number of amides is 1. The van der Waals surface area contributed by atoms with Crippen LogP contribution >= 0.6 is 0 Å². The number of pyridine rings is 1. The van der Waals surface area contributed by atoms with E-state index in [4.69, 9.17) is 5.73 Å². The Bertz CT molecular complexity index is 856. The standard InChI is InChI=1S/C19H19FN4O/c1-13-6-10-22-12-16(13)23-11-7-17(21)24-18(25)19(8-9-19)14-4-2-3-5-15(14)20/h2-7,10-12,23H,8-9H2,1H3,(H2,21,24,25)/b11-7-. The molecule has 0 bridgehead atoms. The third kappa shape index (κ3) is 3.57. The van der Waals surface area contributed by atoms with Gasteiger partial charge >= 0.3 is 0 Å². The minimum absolute atomic E-state index is 0.0710. The monoisotopic (exact) mass is 338 g/mol. The largest absolute Gasteiger partial charge is 0.384 e. The van der Waals surface area contributed by atoms with Crippen LogP contribution in [0.15, 0.2) is 60.0 Å². The van der Waals surface area contributed by atoms with E-state index in [1.165, 1.54) is 12.1 Å². The van der Waals surface area contributed by atoms with Crippen molar-refractivity contribution >= 4 is 17.4 Å². The van der Waals surface area contributed by atoms with Gasteiger partial charge in [-0.25, -0.2) is 4.39 Å². The number of aliphatic imine (C=N–C) groups is 1. The number of aromatic nitrogens is 1. The van der Waals surface area contributed by atoms with Gasteiger partial charge in [-0.05, 0) is 43.5 Å². The molecule has 0 radical (unpaired) electrons. The summed E-state index contributed by atoms with van der Waals surface area (Å²) in [6, 6.07) is 8.19. The average Bonchev–Trinajstić information content (AvgIpc) is 3.39. The topological polar surface area (TPSA) is 80.4 Å². The van der Waals surface area contributed by atoms with E-state index in [2.05, 4.69) is 15.3 Å². The van der Waals surface area contributed by atoms with Crippen molar-refractivity contribution in [2.45, 2.75) is 25.2 Å². The van der Waals surface area contributed by atoms with Crippen molar-refractivity contribution in [3.8, 4) is 0 Å². The molecule has 1 aliphatic rings. The number of nitrogens with two attached hydrogens (primary N) is 1. The van der Waals surface area contributed by atoms with Crippen LogP contribution in [0.4, 0.5) is 10.1 Å². The molecule has 5 nitrogen and oxygen atoms in total. The number of hydrogen-bond acceptors (Lipinski definition) is 3. The lowest BCUT2D eigenvalue weighted by molar-refractivity contribution is -0.120. The predicted octanol–water partition coefficient (Wildman–Crippen LogP) is 3.07. The maximum Gasteiger partial charge on any atom is 0.258 e. The normalized spacial score (nSPS) is 16.0. The average molecular weight is 338 g/mol. The third-order valence-electron chi connectivity index (χ3n) is 4.31. The molecule has 1 fully saturated rings. The maximum absolute atomic E-state index is 14.0. The van der Waals surface area contributed by atoms with Gasteiger partial charge in [0.1, 0.15) is 11.7 Å². The highest BCUT2D eigenvalue weighted by Crippen LogP contribution is 2.50. The number of anilines is 1. The van der Waals surface area contributed by atoms with Gasteiger partial charge in [-0.1, -0.05) is 18.2 Å². The van der Waals surface area contributed by atoms with E-state index < -0.39 is 11.3 Å². The Labute approximate surface area is 145 Å². The summed E-state index contributed by atoms with van der Waals surface area (Å²) in [5.74, 6) is -0.717. The Balaban J connectivity index is 1.70. The van der Waals surface area contributed by atoms with Crippen molar-refractivity contribution < 1.29 is 9.18 Å². The molecular formula is C19H19FN4O. The number of benzene rings is 1. The molecule has 0 unspecified atom stereocenters. The van der Waals surface area contributed by atoms with Crippen LogP contribution in [0.25, 0.3) is 0 Å². The second-order valence-electron chi connectivity index (χ2n) is 6.07. The number of hydrogen-bond donors (Lipinski definition) is 2. The minimum atomic E-state index is -0.864. The quantitative estimate of drug-likeness (QED) is 0.648. The van der Waals surface area contributed by atoms with Crippen molar-refractivity contribution in [2.24, 2.45) is 10.7 Å². The lowest BCUT2D eigenvalue weighted by atomic mass is 9.94. The summed E-state index contributed by atoms with van der Waals surface area (Å²) in [5.41, 5.74) is 7.21. The number of carbonyl (C=O) groups excluding carboxylic acids is 1. The zero-order chi connectivity index (χ0) is 17.9. The Morgan fingerprint density at radius 2 is 2.12 bits per heavy atom. The molecule has 1 saturated carbocycles. The highest BCUT2D eigenvalue weighted by atomic mass is 19.1. The van der Waals surface area contributed by atoms with Gasteiger partial charge in [-0.2, -0.15) is 4.99 Å². The van der Waals surface area contributed by atoms with E-state index in [-0.39, 0.29) is 11.7 Å². The number of aryl methyl sites for hydroxylation is 1. The van der Waals surface area contributed by atoms with E-state index in [1.54, 1.807) is 36.8 Å². The van der Waals surface area contributed by atoms with Gasteiger partial charge in [0.25, 0.3) is 5.91 Å². The van der Waals surface area contributed by atoms with Gasteiger partial charge in [0.15, 0.2) is 0 Å².